The summed E-state index contributed by atoms with van der Waals surface area (Å²) in [4.78, 5) is 66.8. The number of anilines is 1. The third-order valence-electron chi connectivity index (χ3n) is 12.3. The maximum Gasteiger partial charge on any atom is 0.330 e. The summed E-state index contributed by atoms with van der Waals surface area (Å²) in [5.74, 6) is -1.80. The molecule has 20 heteroatoms. The van der Waals surface area contributed by atoms with E-state index in [1.807, 2.05) is 51.3 Å². The van der Waals surface area contributed by atoms with Crippen molar-refractivity contribution in [3.63, 3.8) is 0 Å². The summed E-state index contributed by atoms with van der Waals surface area (Å²) in [7, 11) is -0.577. The molecule has 3 aliphatic heterocycles. The third-order valence-corrected chi connectivity index (χ3v) is 15.0. The Balaban J connectivity index is 1.18. The number of nitrogens with zero attached hydrogens (tertiary/aromatic N) is 5. The minimum atomic E-state index is -3.66. The van der Waals surface area contributed by atoms with Crippen molar-refractivity contribution in [1.82, 2.24) is 39.4 Å². The quantitative estimate of drug-likeness (QED) is 0.161. The number of amides is 4. The van der Waals surface area contributed by atoms with Gasteiger partial charge in [0.15, 0.2) is 5.13 Å². The van der Waals surface area contributed by atoms with Crippen LogP contribution in [-0.4, -0.2) is 137 Å². The molecule has 3 aromatic rings. The largest absolute Gasteiger partial charge is 0.497 e. The Labute approximate surface area is 372 Å². The number of pyridine rings is 1. The van der Waals surface area contributed by atoms with E-state index in [0.29, 0.717) is 59.7 Å². The Hall–Kier alpha value is -5.05. The Morgan fingerprint density at radius 1 is 1.08 bits per heavy atom. The van der Waals surface area contributed by atoms with E-state index in [4.69, 9.17) is 19.4 Å². The normalized spacial score (nSPS) is 26.6. The van der Waals surface area contributed by atoms with E-state index in [1.54, 1.807) is 25.3 Å². The number of nitrogens with one attached hydrogen (secondary N) is 4. The van der Waals surface area contributed by atoms with Crippen LogP contribution in [0.2, 0.25) is 0 Å². The maximum atomic E-state index is 14.9. The first-order chi connectivity index (χ1) is 30.0. The van der Waals surface area contributed by atoms with E-state index in [1.165, 1.54) is 31.9 Å². The number of carboxylic acid groups (broad SMARTS) is 1. The molecule has 5 N–H and O–H groups in total. The van der Waals surface area contributed by atoms with Crippen LogP contribution in [0, 0.1) is 11.8 Å². The molecule has 0 bridgehead atoms. The molecule has 0 radical (unpaired) electrons. The molecule has 4 amide bonds. The van der Waals surface area contributed by atoms with Crippen LogP contribution in [0.4, 0.5) is 9.93 Å². The first kappa shape index (κ1) is 46.0. The molecule has 2 unspecified atom stereocenters. The van der Waals surface area contributed by atoms with E-state index < -0.39 is 69.7 Å². The van der Waals surface area contributed by atoms with Crippen LogP contribution in [0.15, 0.2) is 41.8 Å². The monoisotopic (exact) mass is 909 g/mol. The molecule has 7 rings (SSSR count). The molecule has 2 saturated heterocycles. The molecule has 2 aromatic heterocycles. The van der Waals surface area contributed by atoms with Crippen LogP contribution in [0.5, 0.6) is 11.5 Å². The highest BCUT2D eigenvalue weighted by molar-refractivity contribution is 7.87. The van der Waals surface area contributed by atoms with Gasteiger partial charge in [-0.25, -0.2) is 19.6 Å². The van der Waals surface area contributed by atoms with Gasteiger partial charge in [-0.2, -0.15) is 17.0 Å². The standard InChI is InChI=1S/C43H59N9O9S2/c1-25(2)34(23-51-17-16-50(5)63(51,58)59)47-41(57)46-31-13-11-9-7-8-10-12-27-21-43(27,40(55)56)49-38(53)36-19-29(22-52(36)39(31)54)61-37-20-33(35-24-62-42(48-35)44-26(3)4)45-32-18-28(60-6)14-15-30(32)37/h10,12,14-15,18,20,24-27,29,31,34,36H,7-9,11,13,16-17,19,21-23H2,1-6H3,(H,44,48)(H,49,53)(H,55,56)(H2,46,47,57)/b12-10-/t27?,29-,31+,34?,36+,43-/m1/s1. The van der Waals surface area contributed by atoms with E-state index in [2.05, 4.69) is 21.3 Å². The van der Waals surface area contributed by atoms with Gasteiger partial charge in [0.05, 0.1) is 24.9 Å². The van der Waals surface area contributed by atoms with Crippen LogP contribution in [0.25, 0.3) is 22.3 Å². The summed E-state index contributed by atoms with van der Waals surface area (Å²) in [6.07, 6.45) is 6.41. The number of carbonyl (C=O) groups excluding carboxylic acids is 3. The predicted octanol–water partition coefficient (Wildman–Crippen LogP) is 4.20. The fourth-order valence-corrected chi connectivity index (χ4v) is 10.7. The van der Waals surface area contributed by atoms with Gasteiger partial charge in [-0.3, -0.25) is 9.59 Å². The molecular formula is C43H59N9O9S2. The van der Waals surface area contributed by atoms with Gasteiger partial charge in [0.2, 0.25) is 11.8 Å². The van der Waals surface area contributed by atoms with Crippen molar-refractivity contribution in [2.24, 2.45) is 11.8 Å². The number of fused-ring (bicyclic) bond motifs is 3. The number of methoxy groups -OCH3 is 1. The Kier molecular flexibility index (Phi) is 13.8. The fraction of sp³-hybridized carbons (Fsp3) is 0.581. The van der Waals surface area contributed by atoms with Crippen LogP contribution in [0.1, 0.15) is 72.6 Å². The Bertz CT molecular complexity index is 2340. The zero-order valence-corrected chi connectivity index (χ0v) is 38.3. The number of likely N-dealkylation sites (N-methyl/N-ethyl adjacent to an activating group) is 1. The highest BCUT2D eigenvalue weighted by Crippen LogP contribution is 2.45. The molecule has 5 heterocycles. The summed E-state index contributed by atoms with van der Waals surface area (Å²) in [6.45, 7) is 8.46. The number of hydrogen-bond acceptors (Lipinski definition) is 12. The fourth-order valence-electron chi connectivity index (χ4n) is 8.44. The number of carboxylic acids is 1. The topological polar surface area (TPSA) is 225 Å². The van der Waals surface area contributed by atoms with Crippen LogP contribution in [-0.2, 0) is 24.6 Å². The summed E-state index contributed by atoms with van der Waals surface area (Å²) in [5.41, 5.74) is 0.241. The van der Waals surface area contributed by atoms with E-state index in [-0.39, 0.29) is 44.3 Å². The van der Waals surface area contributed by atoms with Crippen molar-refractivity contribution in [3.8, 4) is 22.9 Å². The summed E-state index contributed by atoms with van der Waals surface area (Å²) < 4.78 is 40.6. The first-order valence-corrected chi connectivity index (χ1v) is 24.0. The van der Waals surface area contributed by atoms with Crippen molar-refractivity contribution in [2.45, 2.75) is 108 Å². The number of allylic oxidation sites excluding steroid dienone is 1. The minimum Gasteiger partial charge on any atom is -0.497 e. The van der Waals surface area contributed by atoms with E-state index in [0.717, 1.165) is 18.0 Å². The molecule has 6 atom stereocenters. The molecule has 4 aliphatic rings. The average molecular weight is 910 g/mol. The maximum absolute atomic E-state index is 14.9. The number of hydrogen-bond donors (Lipinski definition) is 5. The van der Waals surface area contributed by atoms with Crippen molar-refractivity contribution in [1.29, 1.82) is 0 Å². The lowest BCUT2D eigenvalue weighted by atomic mass is 10.0. The van der Waals surface area contributed by atoms with Gasteiger partial charge in [-0.1, -0.05) is 38.8 Å². The molecule has 342 valence electrons. The molecule has 18 nitrogen and oxygen atoms in total. The van der Waals surface area contributed by atoms with Crippen molar-refractivity contribution in [3.05, 3.63) is 41.8 Å². The van der Waals surface area contributed by atoms with E-state index >= 15 is 0 Å². The smallest absolute Gasteiger partial charge is 0.330 e. The van der Waals surface area contributed by atoms with Crippen LogP contribution < -0.4 is 30.7 Å². The second kappa shape index (κ2) is 19.0. The number of carbonyl (C=O) groups is 4. The number of ether oxygens (including phenoxy) is 2. The SMILES string of the molecule is COc1ccc2c(O[C@@H]3C[C@H]4C(=O)N[C@]5(C(=O)O)CC5/C=C\CCCCC[C@H](NC(=O)NC(CN5CCN(C)S5(=O)=O)C(C)C)C(=O)N4C3)cc(-c3csc(NC(C)C)n3)nc2c1. The highest BCUT2D eigenvalue weighted by Gasteiger charge is 2.61. The second-order valence-electron chi connectivity index (χ2n) is 17.6. The number of urea groups is 1. The van der Waals surface area contributed by atoms with Gasteiger partial charge in [0.1, 0.15) is 40.9 Å². The molecular weight excluding hydrogens is 851 g/mol. The van der Waals surface area contributed by atoms with Gasteiger partial charge in [0, 0.05) is 74.0 Å². The average Bonchev–Trinajstić information content (AvgIpc) is 3.46. The lowest BCUT2D eigenvalue weighted by Crippen LogP contribution is -2.58. The number of benzene rings is 1. The minimum absolute atomic E-state index is 0.0370. The molecule has 1 saturated carbocycles. The van der Waals surface area contributed by atoms with Gasteiger partial charge in [-0.15, -0.1) is 11.3 Å². The number of aliphatic carboxylic acids is 1. The summed E-state index contributed by atoms with van der Waals surface area (Å²) >= 11 is 1.45. The predicted molar refractivity (Wildman–Crippen MR) is 239 cm³/mol. The van der Waals surface area contributed by atoms with Gasteiger partial charge >= 0.3 is 12.0 Å². The summed E-state index contributed by atoms with van der Waals surface area (Å²) in [5, 5.41) is 25.6. The Morgan fingerprint density at radius 3 is 2.57 bits per heavy atom. The number of thiazole rings is 1. The molecule has 0 spiro atoms. The van der Waals surface area contributed by atoms with E-state index in [9.17, 15) is 32.7 Å². The molecule has 3 fully saturated rings. The van der Waals surface area contributed by atoms with Gasteiger partial charge < -0.3 is 40.7 Å². The third kappa shape index (κ3) is 10.2. The molecule has 1 aromatic carbocycles. The second-order valence-corrected chi connectivity index (χ2v) is 20.5. The van der Waals surface area contributed by atoms with Crippen molar-refractivity contribution >= 4 is 61.4 Å². The number of rotatable bonds is 12. The zero-order valence-electron chi connectivity index (χ0n) is 36.6. The summed E-state index contributed by atoms with van der Waals surface area (Å²) in [6, 6.07) is 3.97. The molecule has 1 aliphatic carbocycles. The lowest BCUT2D eigenvalue weighted by molar-refractivity contribution is -0.145. The Morgan fingerprint density at radius 2 is 1.87 bits per heavy atom. The van der Waals surface area contributed by atoms with Crippen molar-refractivity contribution < 1.29 is 42.2 Å². The van der Waals surface area contributed by atoms with Gasteiger partial charge in [-0.05, 0) is 57.6 Å². The van der Waals surface area contributed by atoms with Crippen LogP contribution >= 0.6 is 11.3 Å². The zero-order chi connectivity index (χ0) is 45.2. The van der Waals surface area contributed by atoms with Crippen LogP contribution in [0.3, 0.4) is 0 Å². The first-order valence-electron chi connectivity index (χ1n) is 21.7. The molecule has 63 heavy (non-hydrogen) atoms. The lowest BCUT2D eigenvalue weighted by Gasteiger charge is -2.31. The highest BCUT2D eigenvalue weighted by atomic mass is 32.2. The van der Waals surface area contributed by atoms with Crippen molar-refractivity contribution in [2.75, 3.05) is 45.7 Å². The number of aromatic nitrogens is 2. The van der Waals surface area contributed by atoms with Gasteiger partial charge in [0.25, 0.3) is 10.2 Å².